The fourth-order valence-electron chi connectivity index (χ4n) is 1.97. The highest BCUT2D eigenvalue weighted by Gasteiger charge is 2.11. The molecule has 0 saturated heterocycles. The van der Waals surface area contributed by atoms with Gasteiger partial charge in [-0.15, -0.1) is 10.2 Å². The molecule has 0 bridgehead atoms. The molecule has 0 spiro atoms. The summed E-state index contributed by atoms with van der Waals surface area (Å²) in [7, 11) is 0. The second-order valence-corrected chi connectivity index (χ2v) is 7.59. The molecule has 2 aromatic heterocycles. The largest absolute Gasteiger partial charge is 0.330 e. The molecule has 3 rings (SSSR count). The lowest BCUT2D eigenvalue weighted by Crippen LogP contribution is -2.04. The van der Waals surface area contributed by atoms with E-state index in [0.29, 0.717) is 6.54 Å². The van der Waals surface area contributed by atoms with Gasteiger partial charge in [-0.2, -0.15) is 0 Å². The topological polar surface area (TPSA) is 64.7 Å². The van der Waals surface area contributed by atoms with Crippen LogP contribution in [0.25, 0.3) is 10.9 Å². The average molecular weight is 334 g/mol. The quantitative estimate of drug-likeness (QED) is 0.721. The van der Waals surface area contributed by atoms with Gasteiger partial charge in [-0.1, -0.05) is 41.3 Å². The van der Waals surface area contributed by atoms with Crippen LogP contribution in [0, 0.1) is 0 Å². The van der Waals surface area contributed by atoms with Crippen LogP contribution in [-0.2, 0) is 6.42 Å². The second-order valence-electron chi connectivity index (χ2n) is 4.32. The van der Waals surface area contributed by atoms with Crippen molar-refractivity contribution < 1.29 is 0 Å². The number of rotatable bonds is 5. The van der Waals surface area contributed by atoms with E-state index in [0.717, 1.165) is 31.0 Å². The molecule has 0 saturated carbocycles. The Morgan fingerprint density at radius 3 is 2.76 bits per heavy atom. The maximum Gasteiger partial charge on any atom is 0.181 e. The van der Waals surface area contributed by atoms with E-state index >= 15 is 0 Å². The zero-order valence-electron chi connectivity index (χ0n) is 11.4. The molecule has 3 aromatic rings. The predicted molar refractivity (Wildman–Crippen MR) is 90.3 cm³/mol. The Morgan fingerprint density at radius 2 is 2.00 bits per heavy atom. The first-order valence-corrected chi connectivity index (χ1v) is 9.30. The molecule has 0 aliphatic rings. The molecule has 108 valence electrons. The van der Waals surface area contributed by atoms with E-state index in [1.807, 2.05) is 24.5 Å². The van der Waals surface area contributed by atoms with Gasteiger partial charge in [0.25, 0.3) is 0 Å². The molecule has 0 radical (unpaired) electrons. The summed E-state index contributed by atoms with van der Waals surface area (Å²) < 4.78 is 1.89. The minimum Gasteiger partial charge on any atom is -0.330 e. The zero-order chi connectivity index (χ0) is 14.7. The third kappa shape index (κ3) is 3.37. The summed E-state index contributed by atoms with van der Waals surface area (Å²) in [5.41, 5.74) is 7.89. The van der Waals surface area contributed by atoms with Crippen LogP contribution in [0.4, 0.5) is 0 Å². The SMILES string of the molecule is CSc1nnc(Sc2nc3ccccc3cc2CCN)s1. The Hall–Kier alpha value is -1.15. The Kier molecular flexibility index (Phi) is 4.74. The number of nitrogens with zero attached hydrogens (tertiary/aromatic N) is 3. The molecule has 0 aliphatic heterocycles. The van der Waals surface area contributed by atoms with Gasteiger partial charge in [0.05, 0.1) is 5.52 Å². The van der Waals surface area contributed by atoms with E-state index in [9.17, 15) is 0 Å². The first-order valence-electron chi connectivity index (χ1n) is 6.44. The van der Waals surface area contributed by atoms with E-state index < -0.39 is 0 Å². The van der Waals surface area contributed by atoms with Gasteiger partial charge in [0.1, 0.15) is 5.03 Å². The van der Waals surface area contributed by atoms with Crippen molar-refractivity contribution in [2.75, 3.05) is 12.8 Å². The predicted octanol–water partition coefficient (Wildman–Crippen LogP) is 3.46. The van der Waals surface area contributed by atoms with Crippen molar-refractivity contribution in [1.29, 1.82) is 0 Å². The van der Waals surface area contributed by atoms with Crippen LogP contribution >= 0.6 is 34.9 Å². The summed E-state index contributed by atoms with van der Waals surface area (Å²) in [6, 6.07) is 10.3. The Balaban J connectivity index is 2.00. The van der Waals surface area contributed by atoms with Crippen molar-refractivity contribution >= 4 is 45.8 Å². The number of hydrogen-bond donors (Lipinski definition) is 1. The number of fused-ring (bicyclic) bond motifs is 1. The van der Waals surface area contributed by atoms with E-state index in [1.165, 1.54) is 5.56 Å². The smallest absolute Gasteiger partial charge is 0.181 e. The van der Waals surface area contributed by atoms with Crippen LogP contribution in [0.2, 0.25) is 0 Å². The molecule has 0 fully saturated rings. The summed E-state index contributed by atoms with van der Waals surface area (Å²) in [5, 5.41) is 10.5. The molecular weight excluding hydrogens is 320 g/mol. The van der Waals surface area contributed by atoms with Gasteiger partial charge < -0.3 is 5.73 Å². The Morgan fingerprint density at radius 1 is 1.19 bits per heavy atom. The van der Waals surface area contributed by atoms with Crippen LogP contribution < -0.4 is 5.73 Å². The maximum atomic E-state index is 5.73. The highest BCUT2D eigenvalue weighted by atomic mass is 32.2. The number of para-hydroxylation sites is 1. The van der Waals surface area contributed by atoms with Crippen LogP contribution in [-0.4, -0.2) is 28.0 Å². The maximum absolute atomic E-state index is 5.73. The lowest BCUT2D eigenvalue weighted by molar-refractivity contribution is 0.917. The minimum atomic E-state index is 0.611. The van der Waals surface area contributed by atoms with Crippen LogP contribution in [0.5, 0.6) is 0 Å². The monoisotopic (exact) mass is 334 g/mol. The first-order chi connectivity index (χ1) is 10.3. The van der Waals surface area contributed by atoms with Gasteiger partial charge >= 0.3 is 0 Å². The number of aromatic nitrogens is 3. The number of hydrogen-bond acceptors (Lipinski definition) is 7. The Labute approximate surface area is 135 Å². The van der Waals surface area contributed by atoms with Crippen molar-refractivity contribution in [1.82, 2.24) is 15.2 Å². The molecular formula is C14H14N4S3. The van der Waals surface area contributed by atoms with Crippen molar-refractivity contribution in [2.24, 2.45) is 5.73 Å². The zero-order valence-corrected chi connectivity index (χ0v) is 13.9. The summed E-state index contributed by atoms with van der Waals surface area (Å²) in [4.78, 5) is 4.76. The van der Waals surface area contributed by atoms with Gasteiger partial charge in [-0.25, -0.2) is 4.98 Å². The highest BCUT2D eigenvalue weighted by Crippen LogP contribution is 2.34. The number of benzene rings is 1. The van der Waals surface area contributed by atoms with E-state index in [1.54, 1.807) is 34.9 Å². The molecule has 4 nitrogen and oxygen atoms in total. The molecule has 21 heavy (non-hydrogen) atoms. The molecule has 1 aromatic carbocycles. The van der Waals surface area contributed by atoms with Gasteiger partial charge in [-0.3, -0.25) is 0 Å². The van der Waals surface area contributed by atoms with E-state index in [2.05, 4.69) is 22.3 Å². The summed E-state index contributed by atoms with van der Waals surface area (Å²) in [6.45, 7) is 0.611. The van der Waals surface area contributed by atoms with Gasteiger partial charge in [-0.05, 0) is 48.7 Å². The summed E-state index contributed by atoms with van der Waals surface area (Å²) in [6.07, 6.45) is 2.82. The van der Waals surface area contributed by atoms with Crippen molar-refractivity contribution in [3.63, 3.8) is 0 Å². The lowest BCUT2D eigenvalue weighted by Gasteiger charge is -2.08. The second kappa shape index (κ2) is 6.74. The average Bonchev–Trinajstić information content (AvgIpc) is 2.96. The van der Waals surface area contributed by atoms with Crippen LogP contribution in [0.3, 0.4) is 0 Å². The molecule has 0 amide bonds. The molecule has 0 aliphatic carbocycles. The van der Waals surface area contributed by atoms with Crippen molar-refractivity contribution in [3.8, 4) is 0 Å². The molecule has 0 atom stereocenters. The fraction of sp³-hybridized carbons (Fsp3) is 0.214. The molecule has 0 unspecified atom stereocenters. The summed E-state index contributed by atoms with van der Waals surface area (Å²) >= 11 is 4.77. The number of thioether (sulfide) groups is 1. The normalized spacial score (nSPS) is 11.1. The molecule has 2 heterocycles. The van der Waals surface area contributed by atoms with Gasteiger partial charge in [0, 0.05) is 5.39 Å². The molecule has 2 N–H and O–H groups in total. The Bertz CT molecular complexity index is 757. The van der Waals surface area contributed by atoms with Gasteiger partial charge in [0.15, 0.2) is 8.68 Å². The summed E-state index contributed by atoms with van der Waals surface area (Å²) in [5.74, 6) is 0. The number of pyridine rings is 1. The standard InChI is InChI=1S/C14H14N4S3/c1-19-13-17-18-14(21-13)20-12-10(6-7-15)8-9-4-2-3-5-11(9)16-12/h2-5,8H,6-7,15H2,1H3. The van der Waals surface area contributed by atoms with Crippen LogP contribution in [0.15, 0.2) is 44.0 Å². The van der Waals surface area contributed by atoms with Gasteiger partial charge in [0.2, 0.25) is 0 Å². The van der Waals surface area contributed by atoms with Crippen molar-refractivity contribution in [2.45, 2.75) is 20.1 Å². The minimum absolute atomic E-state index is 0.611. The van der Waals surface area contributed by atoms with Crippen molar-refractivity contribution in [3.05, 3.63) is 35.9 Å². The third-order valence-electron chi connectivity index (χ3n) is 2.92. The molecule has 7 heteroatoms. The van der Waals surface area contributed by atoms with Crippen LogP contribution in [0.1, 0.15) is 5.56 Å². The first kappa shape index (κ1) is 14.8. The third-order valence-corrected chi connectivity index (χ3v) is 5.92. The lowest BCUT2D eigenvalue weighted by atomic mass is 10.1. The van der Waals surface area contributed by atoms with E-state index in [4.69, 9.17) is 10.7 Å². The highest BCUT2D eigenvalue weighted by molar-refractivity contribution is 8.03. The van der Waals surface area contributed by atoms with E-state index in [-0.39, 0.29) is 0 Å². The number of nitrogens with two attached hydrogens (primary N) is 1. The fourth-order valence-corrected chi connectivity index (χ4v) is 4.46.